The van der Waals surface area contributed by atoms with Gasteiger partial charge in [-0.05, 0) is 25.1 Å². The van der Waals surface area contributed by atoms with Gasteiger partial charge in [0, 0.05) is 15.4 Å². The van der Waals surface area contributed by atoms with Crippen molar-refractivity contribution in [3.8, 4) is 5.75 Å². The van der Waals surface area contributed by atoms with Crippen LogP contribution in [0.5, 0.6) is 5.75 Å². The molecule has 0 spiro atoms. The first-order valence-electron chi connectivity index (χ1n) is 4.22. The first-order valence-corrected chi connectivity index (χ1v) is 5.51. The number of alkyl halides is 1. The van der Waals surface area contributed by atoms with Crippen molar-refractivity contribution in [1.82, 2.24) is 0 Å². The van der Waals surface area contributed by atoms with E-state index >= 15 is 0 Å². The van der Waals surface area contributed by atoms with Crippen LogP contribution in [0.4, 0.5) is 0 Å². The summed E-state index contributed by atoms with van der Waals surface area (Å²) in [6.45, 7) is 1.87. The Morgan fingerprint density at radius 3 is 2.64 bits per heavy atom. The Labute approximate surface area is 97.0 Å². The van der Waals surface area contributed by atoms with E-state index in [2.05, 4.69) is 15.9 Å². The lowest BCUT2D eigenvalue weighted by Crippen LogP contribution is -2.09. The number of ether oxygens (including phenoxy) is 1. The zero-order valence-corrected chi connectivity index (χ0v) is 10.3. The Bertz CT molecular complexity index is 315. The molecule has 0 aromatic heterocycles. The van der Waals surface area contributed by atoms with Crippen LogP contribution in [0.25, 0.3) is 0 Å². The normalized spacial score (nSPS) is 14.9. The summed E-state index contributed by atoms with van der Waals surface area (Å²) in [5, 5.41) is 10.4. The molecule has 1 aromatic rings. The molecule has 0 aliphatic heterocycles. The lowest BCUT2D eigenvalue weighted by atomic mass is 10.1. The van der Waals surface area contributed by atoms with Crippen LogP contribution in [0.1, 0.15) is 18.6 Å². The molecule has 0 radical (unpaired) electrons. The molecule has 0 bridgehead atoms. The van der Waals surface area contributed by atoms with Crippen molar-refractivity contribution in [2.45, 2.75) is 17.9 Å². The van der Waals surface area contributed by atoms with Gasteiger partial charge in [-0.1, -0.05) is 27.5 Å². The molecule has 0 aliphatic rings. The third-order valence-corrected chi connectivity index (χ3v) is 2.68. The molecular weight excluding hydrogens is 267 g/mol. The van der Waals surface area contributed by atoms with Crippen molar-refractivity contribution in [1.29, 1.82) is 0 Å². The molecule has 0 aliphatic carbocycles. The fourth-order valence-corrected chi connectivity index (χ4v) is 1.65. The van der Waals surface area contributed by atoms with Gasteiger partial charge in [-0.3, -0.25) is 0 Å². The Hall–Kier alpha value is -0.250. The Morgan fingerprint density at radius 1 is 1.50 bits per heavy atom. The van der Waals surface area contributed by atoms with Gasteiger partial charge in [0.25, 0.3) is 0 Å². The minimum Gasteiger partial charge on any atom is -0.496 e. The van der Waals surface area contributed by atoms with E-state index < -0.39 is 6.10 Å². The minimum absolute atomic E-state index is 0.0464. The van der Waals surface area contributed by atoms with E-state index in [0.29, 0.717) is 16.3 Å². The van der Waals surface area contributed by atoms with Crippen molar-refractivity contribution in [3.63, 3.8) is 0 Å². The maximum Gasteiger partial charge on any atom is 0.124 e. The van der Waals surface area contributed by atoms with Crippen LogP contribution in [0.2, 0.25) is 5.02 Å². The van der Waals surface area contributed by atoms with E-state index in [0.717, 1.165) is 0 Å². The average Bonchev–Trinajstić information content (AvgIpc) is 2.16. The van der Waals surface area contributed by atoms with E-state index in [1.54, 1.807) is 25.3 Å². The lowest BCUT2D eigenvalue weighted by molar-refractivity contribution is 0.177. The minimum atomic E-state index is -0.622. The van der Waals surface area contributed by atoms with Crippen LogP contribution in [0.15, 0.2) is 18.2 Å². The lowest BCUT2D eigenvalue weighted by Gasteiger charge is -2.16. The number of aliphatic hydroxyl groups is 1. The summed E-state index contributed by atoms with van der Waals surface area (Å²) in [4.78, 5) is -0.0464. The molecule has 14 heavy (non-hydrogen) atoms. The standard InChI is InChI=1S/C10H12BrClO2/c1-6(11)10(13)8-5-7(12)3-4-9(8)14-2/h3-6,10,13H,1-2H3. The summed E-state index contributed by atoms with van der Waals surface area (Å²) < 4.78 is 5.13. The highest BCUT2D eigenvalue weighted by molar-refractivity contribution is 9.09. The second kappa shape index (κ2) is 5.01. The van der Waals surface area contributed by atoms with Gasteiger partial charge in [0.05, 0.1) is 13.2 Å². The van der Waals surface area contributed by atoms with Gasteiger partial charge in [-0.25, -0.2) is 0 Å². The maximum absolute atomic E-state index is 9.85. The molecule has 0 saturated heterocycles. The zero-order chi connectivity index (χ0) is 10.7. The summed E-state index contributed by atoms with van der Waals surface area (Å²) in [6.07, 6.45) is -0.622. The number of rotatable bonds is 3. The molecule has 1 aromatic carbocycles. The summed E-state index contributed by atoms with van der Waals surface area (Å²) in [5.74, 6) is 0.646. The monoisotopic (exact) mass is 278 g/mol. The maximum atomic E-state index is 9.85. The molecule has 0 fully saturated rings. The fourth-order valence-electron chi connectivity index (χ4n) is 1.18. The molecule has 0 heterocycles. The average molecular weight is 280 g/mol. The van der Waals surface area contributed by atoms with Crippen LogP contribution in [0.3, 0.4) is 0 Å². The Balaban J connectivity index is 3.10. The Morgan fingerprint density at radius 2 is 2.14 bits per heavy atom. The highest BCUT2D eigenvalue weighted by Gasteiger charge is 2.18. The number of hydrogen-bond acceptors (Lipinski definition) is 2. The summed E-state index contributed by atoms with van der Waals surface area (Å²) >= 11 is 9.16. The van der Waals surface area contributed by atoms with Gasteiger partial charge >= 0.3 is 0 Å². The van der Waals surface area contributed by atoms with E-state index in [1.807, 2.05) is 6.92 Å². The number of hydrogen-bond donors (Lipinski definition) is 1. The number of halogens is 2. The van der Waals surface area contributed by atoms with E-state index in [-0.39, 0.29) is 4.83 Å². The van der Waals surface area contributed by atoms with Gasteiger partial charge in [-0.2, -0.15) is 0 Å². The van der Waals surface area contributed by atoms with Crippen LogP contribution in [-0.2, 0) is 0 Å². The molecule has 1 rings (SSSR count). The summed E-state index contributed by atoms with van der Waals surface area (Å²) in [5.41, 5.74) is 0.698. The molecule has 2 unspecified atom stereocenters. The van der Waals surface area contributed by atoms with Crippen LogP contribution >= 0.6 is 27.5 Å². The van der Waals surface area contributed by atoms with Crippen molar-refractivity contribution in [3.05, 3.63) is 28.8 Å². The molecule has 0 amide bonds. The van der Waals surface area contributed by atoms with Gasteiger partial charge in [0.2, 0.25) is 0 Å². The summed E-state index contributed by atoms with van der Waals surface area (Å²) in [6, 6.07) is 5.19. The largest absolute Gasteiger partial charge is 0.496 e. The summed E-state index contributed by atoms with van der Waals surface area (Å²) in [7, 11) is 1.57. The predicted molar refractivity (Wildman–Crippen MR) is 61.4 cm³/mol. The van der Waals surface area contributed by atoms with Crippen molar-refractivity contribution < 1.29 is 9.84 Å². The fraction of sp³-hybridized carbons (Fsp3) is 0.400. The smallest absolute Gasteiger partial charge is 0.124 e. The SMILES string of the molecule is COc1ccc(Cl)cc1C(O)C(C)Br. The molecule has 4 heteroatoms. The second-order valence-corrected chi connectivity index (χ2v) is 4.89. The van der Waals surface area contributed by atoms with Gasteiger partial charge in [0.1, 0.15) is 5.75 Å². The molecule has 0 saturated carbocycles. The van der Waals surface area contributed by atoms with E-state index in [4.69, 9.17) is 16.3 Å². The van der Waals surface area contributed by atoms with Crippen molar-refractivity contribution in [2.75, 3.05) is 7.11 Å². The van der Waals surface area contributed by atoms with Gasteiger partial charge in [0.15, 0.2) is 0 Å². The third-order valence-electron chi connectivity index (χ3n) is 1.95. The number of benzene rings is 1. The number of aliphatic hydroxyl groups excluding tert-OH is 1. The van der Waals surface area contributed by atoms with Crippen molar-refractivity contribution in [2.24, 2.45) is 0 Å². The van der Waals surface area contributed by atoms with Crippen LogP contribution in [-0.4, -0.2) is 17.0 Å². The van der Waals surface area contributed by atoms with E-state index in [9.17, 15) is 5.11 Å². The molecular formula is C10H12BrClO2. The first-order chi connectivity index (χ1) is 6.56. The molecule has 1 N–H and O–H groups in total. The topological polar surface area (TPSA) is 29.5 Å². The zero-order valence-electron chi connectivity index (χ0n) is 8.00. The highest BCUT2D eigenvalue weighted by Crippen LogP contribution is 2.32. The molecule has 2 nitrogen and oxygen atoms in total. The van der Waals surface area contributed by atoms with Gasteiger partial charge < -0.3 is 9.84 Å². The predicted octanol–water partition coefficient (Wildman–Crippen LogP) is 3.17. The van der Waals surface area contributed by atoms with E-state index in [1.165, 1.54) is 0 Å². The van der Waals surface area contributed by atoms with Crippen molar-refractivity contribution >= 4 is 27.5 Å². The van der Waals surface area contributed by atoms with Gasteiger partial charge in [-0.15, -0.1) is 0 Å². The third kappa shape index (κ3) is 2.62. The Kier molecular flexibility index (Phi) is 4.23. The molecule has 78 valence electrons. The first kappa shape index (κ1) is 11.8. The quantitative estimate of drug-likeness (QED) is 0.861. The number of methoxy groups -OCH3 is 1. The molecule has 2 atom stereocenters. The van der Waals surface area contributed by atoms with Crippen LogP contribution in [0, 0.1) is 0 Å². The second-order valence-electron chi connectivity index (χ2n) is 3.01. The van der Waals surface area contributed by atoms with Crippen LogP contribution < -0.4 is 4.74 Å². The highest BCUT2D eigenvalue weighted by atomic mass is 79.9.